The Labute approximate surface area is 133 Å². The predicted octanol–water partition coefficient (Wildman–Crippen LogP) is 3.30. The first-order valence-corrected chi connectivity index (χ1v) is 7.92. The van der Waals surface area contributed by atoms with E-state index in [9.17, 15) is 4.39 Å². The normalized spacial score (nSPS) is 15.9. The highest BCUT2D eigenvalue weighted by Crippen LogP contribution is 2.29. The summed E-state index contributed by atoms with van der Waals surface area (Å²) in [6.45, 7) is 1.95. The molecule has 1 N–H and O–H groups in total. The van der Waals surface area contributed by atoms with Gasteiger partial charge < -0.3 is 10.1 Å². The van der Waals surface area contributed by atoms with E-state index in [4.69, 9.17) is 4.74 Å². The van der Waals surface area contributed by atoms with Gasteiger partial charge >= 0.3 is 0 Å². The van der Waals surface area contributed by atoms with Crippen molar-refractivity contribution in [1.82, 2.24) is 15.1 Å². The molecule has 1 aliphatic heterocycles. The number of rotatable bonds is 3. The molecule has 0 aliphatic carbocycles. The lowest BCUT2D eigenvalue weighted by atomic mass is 10.1. The van der Waals surface area contributed by atoms with Crippen LogP contribution < -0.4 is 10.1 Å². The van der Waals surface area contributed by atoms with Gasteiger partial charge in [-0.05, 0) is 62.3 Å². The Morgan fingerprint density at radius 2 is 1.78 bits per heavy atom. The van der Waals surface area contributed by atoms with Crippen molar-refractivity contribution < 1.29 is 9.13 Å². The fourth-order valence-corrected chi connectivity index (χ4v) is 2.98. The van der Waals surface area contributed by atoms with Gasteiger partial charge in [0.05, 0.1) is 16.6 Å². The average Bonchev–Trinajstić information content (AvgIpc) is 2.95. The van der Waals surface area contributed by atoms with Crippen LogP contribution in [0.1, 0.15) is 12.8 Å². The molecule has 0 radical (unpaired) electrons. The summed E-state index contributed by atoms with van der Waals surface area (Å²) >= 11 is 0. The van der Waals surface area contributed by atoms with Crippen LogP contribution in [-0.4, -0.2) is 29.0 Å². The van der Waals surface area contributed by atoms with Gasteiger partial charge in [0.25, 0.3) is 0 Å². The highest BCUT2D eigenvalue weighted by molar-refractivity contribution is 5.85. The van der Waals surface area contributed by atoms with E-state index >= 15 is 0 Å². The van der Waals surface area contributed by atoms with E-state index in [-0.39, 0.29) is 11.9 Å². The Morgan fingerprint density at radius 3 is 2.57 bits per heavy atom. The van der Waals surface area contributed by atoms with Crippen molar-refractivity contribution in [3.63, 3.8) is 0 Å². The van der Waals surface area contributed by atoms with Crippen LogP contribution >= 0.6 is 0 Å². The van der Waals surface area contributed by atoms with Crippen LogP contribution in [0, 0.1) is 5.82 Å². The van der Waals surface area contributed by atoms with Crippen LogP contribution in [0.3, 0.4) is 0 Å². The van der Waals surface area contributed by atoms with Crippen molar-refractivity contribution in [2.24, 2.45) is 0 Å². The van der Waals surface area contributed by atoms with Crippen molar-refractivity contribution in [2.45, 2.75) is 18.9 Å². The first-order valence-electron chi connectivity index (χ1n) is 7.92. The van der Waals surface area contributed by atoms with Crippen molar-refractivity contribution in [3.05, 3.63) is 54.3 Å². The van der Waals surface area contributed by atoms with Gasteiger partial charge in [-0.2, -0.15) is 0 Å². The zero-order chi connectivity index (χ0) is 15.6. The van der Waals surface area contributed by atoms with Gasteiger partial charge in [-0.25, -0.2) is 9.07 Å². The minimum atomic E-state index is -0.253. The number of nitrogens with zero attached hydrogens (tertiary/aromatic N) is 2. The third kappa shape index (κ3) is 2.80. The van der Waals surface area contributed by atoms with Crippen molar-refractivity contribution in [3.8, 4) is 11.6 Å². The van der Waals surface area contributed by atoms with E-state index in [1.54, 1.807) is 12.1 Å². The molecule has 0 amide bonds. The minimum Gasteiger partial charge on any atom is -0.473 e. The second kappa shape index (κ2) is 6.01. The van der Waals surface area contributed by atoms with Crippen molar-refractivity contribution in [2.75, 3.05) is 13.1 Å². The molecule has 0 saturated carbocycles. The zero-order valence-corrected chi connectivity index (χ0v) is 12.7. The van der Waals surface area contributed by atoms with E-state index in [0.717, 1.165) is 42.5 Å². The second-order valence-electron chi connectivity index (χ2n) is 5.78. The standard InChI is InChI=1S/C18H18FN3O/c19-13-5-7-14(8-6-13)22-17-4-2-1-3-16(17)18(21-22)23-15-9-11-20-12-10-15/h1-8,15,20H,9-12H2. The first kappa shape index (κ1) is 14.2. The lowest BCUT2D eigenvalue weighted by molar-refractivity contribution is 0.157. The molecule has 1 fully saturated rings. The molecule has 3 aromatic rings. The van der Waals surface area contributed by atoms with Crippen LogP contribution in [0.5, 0.6) is 5.88 Å². The number of benzene rings is 2. The first-order chi connectivity index (χ1) is 11.3. The Hall–Kier alpha value is -2.40. The predicted molar refractivity (Wildman–Crippen MR) is 87.5 cm³/mol. The highest BCUT2D eigenvalue weighted by atomic mass is 19.1. The molecule has 1 aromatic heterocycles. The van der Waals surface area contributed by atoms with Gasteiger partial charge in [0.2, 0.25) is 5.88 Å². The molecule has 4 nitrogen and oxygen atoms in total. The highest BCUT2D eigenvalue weighted by Gasteiger charge is 2.19. The molecule has 118 valence electrons. The zero-order valence-electron chi connectivity index (χ0n) is 12.7. The Balaban J connectivity index is 1.75. The molecular formula is C18H18FN3O. The van der Waals surface area contributed by atoms with E-state index in [2.05, 4.69) is 10.4 Å². The van der Waals surface area contributed by atoms with E-state index in [1.165, 1.54) is 12.1 Å². The summed E-state index contributed by atoms with van der Waals surface area (Å²) in [7, 11) is 0. The molecular weight excluding hydrogens is 293 g/mol. The topological polar surface area (TPSA) is 39.1 Å². The van der Waals surface area contributed by atoms with Crippen LogP contribution in [0.4, 0.5) is 4.39 Å². The van der Waals surface area contributed by atoms with Crippen LogP contribution in [0.2, 0.25) is 0 Å². The van der Waals surface area contributed by atoms with Gasteiger partial charge in [0.1, 0.15) is 11.9 Å². The largest absolute Gasteiger partial charge is 0.473 e. The molecule has 2 aromatic carbocycles. The monoisotopic (exact) mass is 311 g/mol. The van der Waals surface area contributed by atoms with Crippen LogP contribution in [-0.2, 0) is 0 Å². The lowest BCUT2D eigenvalue weighted by Gasteiger charge is -2.22. The summed E-state index contributed by atoms with van der Waals surface area (Å²) in [6.07, 6.45) is 2.16. The smallest absolute Gasteiger partial charge is 0.241 e. The lowest BCUT2D eigenvalue weighted by Crippen LogP contribution is -2.34. The van der Waals surface area contributed by atoms with Crippen LogP contribution in [0.15, 0.2) is 48.5 Å². The summed E-state index contributed by atoms with van der Waals surface area (Å²) in [5.41, 5.74) is 1.78. The van der Waals surface area contributed by atoms with Gasteiger partial charge in [-0.15, -0.1) is 5.10 Å². The number of hydrogen-bond acceptors (Lipinski definition) is 3. The number of fused-ring (bicyclic) bond motifs is 1. The minimum absolute atomic E-state index is 0.191. The number of nitrogens with one attached hydrogen (secondary N) is 1. The van der Waals surface area contributed by atoms with Crippen molar-refractivity contribution in [1.29, 1.82) is 0 Å². The van der Waals surface area contributed by atoms with Gasteiger partial charge in [-0.3, -0.25) is 0 Å². The Kier molecular flexibility index (Phi) is 3.71. The molecule has 5 heteroatoms. The number of hydrogen-bond donors (Lipinski definition) is 1. The number of piperidine rings is 1. The quantitative estimate of drug-likeness (QED) is 0.807. The maximum Gasteiger partial charge on any atom is 0.241 e. The fraction of sp³-hybridized carbons (Fsp3) is 0.278. The molecule has 0 spiro atoms. The second-order valence-corrected chi connectivity index (χ2v) is 5.78. The fourth-order valence-electron chi connectivity index (χ4n) is 2.98. The molecule has 0 atom stereocenters. The van der Waals surface area contributed by atoms with E-state index in [0.29, 0.717) is 5.88 Å². The molecule has 1 aliphatic rings. The summed E-state index contributed by atoms with van der Waals surface area (Å²) in [6, 6.07) is 14.3. The van der Waals surface area contributed by atoms with E-state index in [1.807, 2.05) is 28.9 Å². The molecule has 0 unspecified atom stereocenters. The van der Waals surface area contributed by atoms with Gasteiger partial charge in [0, 0.05) is 0 Å². The molecule has 0 bridgehead atoms. The number of ether oxygens (including phenoxy) is 1. The maximum absolute atomic E-state index is 13.2. The third-order valence-electron chi connectivity index (χ3n) is 4.19. The van der Waals surface area contributed by atoms with Gasteiger partial charge in [0.15, 0.2) is 0 Å². The summed E-state index contributed by atoms with van der Waals surface area (Å²) in [5, 5.41) is 8.95. The molecule has 4 rings (SSSR count). The summed E-state index contributed by atoms with van der Waals surface area (Å²) < 4.78 is 21.1. The molecule has 2 heterocycles. The SMILES string of the molecule is Fc1ccc(-n2nc(OC3CCNCC3)c3ccccc32)cc1. The number of para-hydroxylation sites is 1. The number of halogens is 1. The van der Waals surface area contributed by atoms with Gasteiger partial charge in [-0.1, -0.05) is 12.1 Å². The van der Waals surface area contributed by atoms with E-state index < -0.39 is 0 Å². The average molecular weight is 311 g/mol. The molecule has 23 heavy (non-hydrogen) atoms. The van der Waals surface area contributed by atoms with Crippen LogP contribution in [0.25, 0.3) is 16.6 Å². The summed E-state index contributed by atoms with van der Waals surface area (Å²) in [4.78, 5) is 0. The Bertz CT molecular complexity index is 807. The number of aromatic nitrogens is 2. The van der Waals surface area contributed by atoms with Crippen molar-refractivity contribution >= 4 is 10.9 Å². The Morgan fingerprint density at radius 1 is 1.04 bits per heavy atom. The molecule has 1 saturated heterocycles. The third-order valence-corrected chi connectivity index (χ3v) is 4.19. The maximum atomic E-state index is 13.2. The summed E-state index contributed by atoms with van der Waals surface area (Å²) in [5.74, 6) is 0.396.